The van der Waals surface area contributed by atoms with Gasteiger partial charge in [0.1, 0.15) is 0 Å². The Morgan fingerprint density at radius 1 is 1.46 bits per heavy atom. The maximum Gasteiger partial charge on any atom is 0.315 e. The summed E-state index contributed by atoms with van der Waals surface area (Å²) in [4.78, 5) is 10.7. The fourth-order valence-corrected chi connectivity index (χ4v) is 2.01. The predicted octanol–water partition coefficient (Wildman–Crippen LogP) is 1.44. The first-order valence-corrected chi connectivity index (χ1v) is 5.60. The topological polar surface area (TPSA) is 46.5 Å². The monoisotopic (exact) mass is 206 g/mol. The third-order valence-electron chi connectivity index (χ3n) is 2.13. The van der Waals surface area contributed by atoms with Crippen LogP contribution in [0.2, 0.25) is 0 Å². The van der Waals surface area contributed by atoms with Crippen molar-refractivity contribution in [1.29, 1.82) is 0 Å². The molecule has 0 atom stereocenters. The minimum atomic E-state index is -0.626. The number of thioether (sulfide) groups is 1. The maximum atomic E-state index is 10.7. The quantitative estimate of drug-likeness (QED) is 0.668. The highest BCUT2D eigenvalue weighted by atomic mass is 32.2. The average Bonchev–Trinajstić information content (AvgIpc) is 2.17. The van der Waals surface area contributed by atoms with Crippen LogP contribution in [-0.4, -0.2) is 35.3 Å². The molecule has 0 aliphatic carbocycles. The van der Waals surface area contributed by atoms with Gasteiger partial charge in [-0.15, -0.1) is 11.8 Å². The van der Waals surface area contributed by atoms with Crippen LogP contribution in [0.5, 0.6) is 0 Å². The zero-order valence-electron chi connectivity index (χ0n) is 8.50. The zero-order chi connectivity index (χ0) is 10.3. The Morgan fingerprint density at radius 3 is 2.38 bits per heavy atom. The first-order valence-electron chi connectivity index (χ1n) is 4.45. The van der Waals surface area contributed by atoms with Gasteiger partial charge in [-0.2, -0.15) is 0 Å². The van der Waals surface area contributed by atoms with Gasteiger partial charge in [0.05, 0.1) is 18.5 Å². The van der Waals surface area contributed by atoms with Gasteiger partial charge < -0.3 is 9.84 Å². The van der Waals surface area contributed by atoms with Gasteiger partial charge in [-0.3, -0.25) is 4.79 Å². The molecule has 0 spiro atoms. The van der Waals surface area contributed by atoms with E-state index in [-0.39, 0.29) is 5.97 Å². The molecule has 0 rings (SSSR count). The minimum absolute atomic E-state index is 0.237. The van der Waals surface area contributed by atoms with E-state index in [0.29, 0.717) is 11.5 Å². The fourth-order valence-electron chi connectivity index (χ4n) is 0.837. The molecule has 1 N–H and O–H groups in total. The highest BCUT2D eigenvalue weighted by molar-refractivity contribution is 8.00. The van der Waals surface area contributed by atoms with Crippen molar-refractivity contribution in [3.8, 4) is 0 Å². The molecular weight excluding hydrogens is 188 g/mol. The van der Waals surface area contributed by atoms with Gasteiger partial charge in [-0.05, 0) is 12.8 Å². The predicted molar refractivity (Wildman–Crippen MR) is 54.9 cm³/mol. The van der Waals surface area contributed by atoms with Crippen LogP contribution in [0.1, 0.15) is 26.7 Å². The Kier molecular flexibility index (Phi) is 6.16. The molecule has 3 nitrogen and oxygen atoms in total. The number of rotatable bonds is 6. The Hall–Kier alpha value is -0.220. The summed E-state index contributed by atoms with van der Waals surface area (Å²) in [7, 11) is 1.37. The van der Waals surface area contributed by atoms with Crippen molar-refractivity contribution < 1.29 is 14.6 Å². The number of esters is 1. The van der Waals surface area contributed by atoms with Crippen molar-refractivity contribution in [2.24, 2.45) is 0 Å². The second kappa shape index (κ2) is 6.27. The number of methoxy groups -OCH3 is 1. The van der Waals surface area contributed by atoms with Crippen LogP contribution in [0.15, 0.2) is 0 Å². The summed E-state index contributed by atoms with van der Waals surface area (Å²) in [6, 6.07) is 0. The van der Waals surface area contributed by atoms with E-state index in [0.717, 1.165) is 12.8 Å². The van der Waals surface area contributed by atoms with Gasteiger partial charge >= 0.3 is 5.97 Å². The third kappa shape index (κ3) is 5.16. The van der Waals surface area contributed by atoms with Crippen LogP contribution in [0.3, 0.4) is 0 Å². The van der Waals surface area contributed by atoms with Crippen LogP contribution in [0.25, 0.3) is 0 Å². The van der Waals surface area contributed by atoms with Crippen molar-refractivity contribution in [3.63, 3.8) is 0 Å². The number of aliphatic hydroxyl groups is 1. The summed E-state index contributed by atoms with van der Waals surface area (Å²) in [5.41, 5.74) is -0.626. The maximum absolute atomic E-state index is 10.7. The lowest BCUT2D eigenvalue weighted by Gasteiger charge is -2.24. The molecule has 0 amide bonds. The molecule has 4 heteroatoms. The third-order valence-corrected chi connectivity index (χ3v) is 3.32. The Balaban J connectivity index is 3.67. The van der Waals surface area contributed by atoms with E-state index in [1.54, 1.807) is 0 Å². The highest BCUT2D eigenvalue weighted by Crippen LogP contribution is 2.20. The van der Waals surface area contributed by atoms with Gasteiger partial charge in [-0.25, -0.2) is 0 Å². The van der Waals surface area contributed by atoms with E-state index in [1.165, 1.54) is 18.9 Å². The van der Waals surface area contributed by atoms with Crippen LogP contribution in [0, 0.1) is 0 Å². The van der Waals surface area contributed by atoms with Crippen molar-refractivity contribution in [3.05, 3.63) is 0 Å². The van der Waals surface area contributed by atoms with Crippen LogP contribution in [-0.2, 0) is 9.53 Å². The summed E-state index contributed by atoms with van der Waals surface area (Å²) in [5, 5.41) is 9.84. The fraction of sp³-hybridized carbons (Fsp3) is 0.889. The van der Waals surface area contributed by atoms with Crippen molar-refractivity contribution in [1.82, 2.24) is 0 Å². The highest BCUT2D eigenvalue weighted by Gasteiger charge is 2.22. The Morgan fingerprint density at radius 2 is 2.00 bits per heavy atom. The molecule has 0 aromatic carbocycles. The van der Waals surface area contributed by atoms with Crippen molar-refractivity contribution in [2.45, 2.75) is 32.3 Å². The van der Waals surface area contributed by atoms with Crippen LogP contribution < -0.4 is 0 Å². The van der Waals surface area contributed by atoms with Gasteiger partial charge in [-0.1, -0.05) is 13.8 Å². The Bertz CT molecular complexity index is 155. The van der Waals surface area contributed by atoms with Crippen LogP contribution >= 0.6 is 11.8 Å². The standard InChI is InChI=1S/C9H18O3S/c1-4-9(11,5-2)7-13-6-8(10)12-3/h11H,4-7H2,1-3H3. The lowest BCUT2D eigenvalue weighted by molar-refractivity contribution is -0.137. The zero-order valence-corrected chi connectivity index (χ0v) is 9.32. The van der Waals surface area contributed by atoms with Gasteiger partial charge in [0.2, 0.25) is 0 Å². The number of carbonyl (C=O) groups is 1. The molecule has 0 unspecified atom stereocenters. The smallest absolute Gasteiger partial charge is 0.315 e. The van der Waals surface area contributed by atoms with Gasteiger partial charge in [0, 0.05) is 5.75 Å². The molecule has 0 fully saturated rings. The molecule has 0 bridgehead atoms. The summed E-state index contributed by atoms with van der Waals surface area (Å²) in [6.45, 7) is 3.89. The van der Waals surface area contributed by atoms with E-state index < -0.39 is 5.60 Å². The number of ether oxygens (including phenoxy) is 1. The SMILES string of the molecule is CCC(O)(CC)CSCC(=O)OC. The lowest BCUT2D eigenvalue weighted by atomic mass is 10.0. The van der Waals surface area contributed by atoms with E-state index in [1.807, 2.05) is 13.8 Å². The van der Waals surface area contributed by atoms with E-state index in [4.69, 9.17) is 0 Å². The first kappa shape index (κ1) is 12.8. The first-order chi connectivity index (χ1) is 6.08. The summed E-state index contributed by atoms with van der Waals surface area (Å²) in [6.07, 6.45) is 1.44. The van der Waals surface area contributed by atoms with Gasteiger partial charge in [0.25, 0.3) is 0 Å². The Labute approximate surface area is 83.9 Å². The summed E-state index contributed by atoms with van der Waals surface area (Å²) < 4.78 is 4.49. The molecule has 0 saturated carbocycles. The molecule has 0 saturated heterocycles. The largest absolute Gasteiger partial charge is 0.468 e. The average molecular weight is 206 g/mol. The molecule has 0 aromatic heterocycles. The second-order valence-electron chi connectivity index (χ2n) is 3.00. The molecule has 0 aromatic rings. The molecule has 78 valence electrons. The van der Waals surface area contributed by atoms with Crippen LogP contribution in [0.4, 0.5) is 0 Å². The normalized spacial score (nSPS) is 11.4. The second-order valence-corrected chi connectivity index (χ2v) is 3.99. The molecule has 0 radical (unpaired) electrons. The van der Waals surface area contributed by atoms with Crippen molar-refractivity contribution >= 4 is 17.7 Å². The van der Waals surface area contributed by atoms with Gasteiger partial charge in [0.15, 0.2) is 0 Å². The van der Waals surface area contributed by atoms with E-state index >= 15 is 0 Å². The van der Waals surface area contributed by atoms with Crippen molar-refractivity contribution in [2.75, 3.05) is 18.6 Å². The number of carbonyl (C=O) groups excluding carboxylic acids is 1. The molecule has 0 aliphatic heterocycles. The molecule has 0 heterocycles. The number of hydrogen-bond donors (Lipinski definition) is 1. The number of hydrogen-bond acceptors (Lipinski definition) is 4. The molecule has 0 aliphatic rings. The molecule has 13 heavy (non-hydrogen) atoms. The summed E-state index contributed by atoms with van der Waals surface area (Å²) >= 11 is 1.42. The minimum Gasteiger partial charge on any atom is -0.468 e. The lowest BCUT2D eigenvalue weighted by Crippen LogP contribution is -2.30. The van der Waals surface area contributed by atoms with E-state index in [2.05, 4.69) is 4.74 Å². The summed E-state index contributed by atoms with van der Waals surface area (Å²) in [5.74, 6) is 0.674. The van der Waals surface area contributed by atoms with E-state index in [9.17, 15) is 9.90 Å². The molecular formula is C9H18O3S.